The minimum Gasteiger partial charge on any atom is -0.333 e. The predicted molar refractivity (Wildman–Crippen MR) is 108 cm³/mol. The van der Waals surface area contributed by atoms with Gasteiger partial charge in [-0.3, -0.25) is 4.79 Å². The summed E-state index contributed by atoms with van der Waals surface area (Å²) in [6, 6.07) is 5.62. The number of likely N-dealkylation sites (tertiary alicyclic amines) is 1. The van der Waals surface area contributed by atoms with Gasteiger partial charge in [0.15, 0.2) is 0 Å². The van der Waals surface area contributed by atoms with Gasteiger partial charge >= 0.3 is 0 Å². The van der Waals surface area contributed by atoms with Gasteiger partial charge < -0.3 is 9.47 Å². The molecule has 1 aliphatic heterocycles. The summed E-state index contributed by atoms with van der Waals surface area (Å²) in [5, 5.41) is 6.75. The van der Waals surface area contributed by atoms with Crippen LogP contribution in [-0.2, 0) is 13.1 Å². The molecule has 1 fully saturated rings. The summed E-state index contributed by atoms with van der Waals surface area (Å²) in [5.41, 5.74) is 2.07. The molecule has 0 unspecified atom stereocenters. The fourth-order valence-corrected chi connectivity index (χ4v) is 4.42. The van der Waals surface area contributed by atoms with Crippen molar-refractivity contribution in [1.82, 2.24) is 24.2 Å². The number of aromatic nitrogens is 4. The quantitative estimate of drug-likeness (QED) is 0.629. The van der Waals surface area contributed by atoms with E-state index < -0.39 is 0 Å². The molecule has 27 heavy (non-hydrogen) atoms. The Morgan fingerprint density at radius 2 is 2.00 bits per heavy atom. The van der Waals surface area contributed by atoms with Gasteiger partial charge in [0.05, 0.1) is 11.2 Å². The van der Waals surface area contributed by atoms with Gasteiger partial charge in [0.25, 0.3) is 5.56 Å². The Morgan fingerprint density at radius 1 is 1.11 bits per heavy atom. The van der Waals surface area contributed by atoms with E-state index in [0.717, 1.165) is 30.1 Å². The van der Waals surface area contributed by atoms with E-state index >= 15 is 0 Å². The van der Waals surface area contributed by atoms with Gasteiger partial charge in [-0.05, 0) is 62.0 Å². The van der Waals surface area contributed by atoms with Gasteiger partial charge in [-0.15, -0.1) is 11.3 Å². The predicted octanol–water partition coefficient (Wildman–Crippen LogP) is 3.09. The molecule has 4 heterocycles. The third-order valence-corrected chi connectivity index (χ3v) is 5.99. The Labute approximate surface area is 163 Å². The van der Waals surface area contributed by atoms with Crippen LogP contribution in [0.25, 0.3) is 10.6 Å². The highest BCUT2D eigenvalue weighted by Gasteiger charge is 2.11. The lowest BCUT2D eigenvalue weighted by atomic mass is 10.1. The number of hydrogen-bond donors (Lipinski definition) is 0. The van der Waals surface area contributed by atoms with E-state index in [2.05, 4.69) is 26.4 Å². The first kappa shape index (κ1) is 18.1. The molecule has 0 aliphatic carbocycles. The maximum Gasteiger partial charge on any atom is 0.266 e. The molecule has 4 rings (SSSR count). The number of thiophene rings is 1. The van der Waals surface area contributed by atoms with Crippen LogP contribution in [0.4, 0.5) is 0 Å². The van der Waals surface area contributed by atoms with E-state index in [1.165, 1.54) is 37.9 Å². The molecule has 0 amide bonds. The van der Waals surface area contributed by atoms with Gasteiger partial charge in [-0.2, -0.15) is 5.10 Å². The highest BCUT2D eigenvalue weighted by Crippen LogP contribution is 2.25. The van der Waals surface area contributed by atoms with Crippen LogP contribution in [0.3, 0.4) is 0 Å². The van der Waals surface area contributed by atoms with Crippen molar-refractivity contribution in [3.8, 4) is 10.6 Å². The normalized spacial score (nSPS) is 15.3. The minimum atomic E-state index is -0.0208. The van der Waals surface area contributed by atoms with Gasteiger partial charge in [0.1, 0.15) is 5.69 Å². The number of hydrogen-bond acceptors (Lipinski definition) is 5. The first-order valence-corrected chi connectivity index (χ1v) is 10.5. The number of imidazole rings is 1. The van der Waals surface area contributed by atoms with Crippen LogP contribution in [0.2, 0.25) is 0 Å². The lowest BCUT2D eigenvalue weighted by molar-refractivity contribution is 0.221. The zero-order valence-electron chi connectivity index (χ0n) is 15.5. The Morgan fingerprint density at radius 3 is 2.81 bits per heavy atom. The van der Waals surface area contributed by atoms with E-state index in [9.17, 15) is 4.79 Å². The molecule has 6 nitrogen and oxygen atoms in total. The van der Waals surface area contributed by atoms with Crippen molar-refractivity contribution in [3.63, 3.8) is 0 Å². The minimum absolute atomic E-state index is 0.0208. The molecule has 0 N–H and O–H groups in total. The Hall–Kier alpha value is -2.25. The van der Waals surface area contributed by atoms with Crippen molar-refractivity contribution in [2.75, 3.05) is 19.6 Å². The first-order chi connectivity index (χ1) is 13.3. The summed E-state index contributed by atoms with van der Waals surface area (Å²) in [7, 11) is 0. The van der Waals surface area contributed by atoms with Crippen LogP contribution in [0, 0.1) is 0 Å². The average Bonchev–Trinajstić information content (AvgIpc) is 3.37. The number of rotatable bonds is 7. The van der Waals surface area contributed by atoms with E-state index in [-0.39, 0.29) is 5.56 Å². The molecule has 0 aromatic carbocycles. The van der Waals surface area contributed by atoms with Crippen LogP contribution in [0.15, 0.2) is 47.1 Å². The third kappa shape index (κ3) is 4.73. The molecule has 0 atom stereocenters. The number of nitrogens with zero attached hydrogens (tertiary/aromatic N) is 5. The lowest BCUT2D eigenvalue weighted by Gasteiger charge is -2.26. The topological polar surface area (TPSA) is 56.0 Å². The van der Waals surface area contributed by atoms with Crippen LogP contribution in [0.5, 0.6) is 0 Å². The van der Waals surface area contributed by atoms with E-state index in [0.29, 0.717) is 6.54 Å². The van der Waals surface area contributed by atoms with Crippen LogP contribution in [0.1, 0.15) is 31.2 Å². The van der Waals surface area contributed by atoms with Crippen LogP contribution < -0.4 is 5.56 Å². The number of aryl methyl sites for hydroxylation is 1. The molecule has 142 valence electrons. The molecule has 1 saturated heterocycles. The summed E-state index contributed by atoms with van der Waals surface area (Å²) in [5.74, 6) is 0. The van der Waals surface area contributed by atoms with Gasteiger partial charge in [-0.1, -0.05) is 6.42 Å². The standard InChI is InChI=1S/C20H25N5OS/c26-20-6-5-18(19-13-17(15-27-19)14-24-12-7-21-16-24)22-25(20)11-4-10-23-8-2-1-3-9-23/h5-7,12-13,15-16H,1-4,8-11,14H2. The third-order valence-electron chi connectivity index (χ3n) is 4.99. The van der Waals surface area contributed by atoms with E-state index in [1.807, 2.05) is 23.2 Å². The Balaban J connectivity index is 1.41. The highest BCUT2D eigenvalue weighted by molar-refractivity contribution is 7.13. The number of piperidine rings is 1. The molecular weight excluding hydrogens is 358 g/mol. The highest BCUT2D eigenvalue weighted by atomic mass is 32.1. The smallest absolute Gasteiger partial charge is 0.266 e. The van der Waals surface area contributed by atoms with Gasteiger partial charge in [0.2, 0.25) is 0 Å². The molecular formula is C20H25N5OS. The molecule has 0 spiro atoms. The maximum absolute atomic E-state index is 12.2. The first-order valence-electron chi connectivity index (χ1n) is 9.62. The monoisotopic (exact) mass is 383 g/mol. The fourth-order valence-electron chi connectivity index (χ4n) is 3.55. The molecule has 3 aromatic heterocycles. The largest absolute Gasteiger partial charge is 0.333 e. The van der Waals surface area contributed by atoms with Crippen molar-refractivity contribution < 1.29 is 0 Å². The zero-order chi connectivity index (χ0) is 18.5. The van der Waals surface area contributed by atoms with Crippen molar-refractivity contribution >= 4 is 11.3 Å². The summed E-state index contributed by atoms with van der Waals surface area (Å²) in [4.78, 5) is 19.9. The zero-order valence-corrected chi connectivity index (χ0v) is 16.3. The second-order valence-corrected chi connectivity index (χ2v) is 8.00. The van der Waals surface area contributed by atoms with Crippen molar-refractivity contribution in [2.45, 2.75) is 38.8 Å². The summed E-state index contributed by atoms with van der Waals surface area (Å²) >= 11 is 1.67. The lowest BCUT2D eigenvalue weighted by Crippen LogP contribution is -2.32. The second-order valence-electron chi connectivity index (χ2n) is 7.09. The average molecular weight is 384 g/mol. The SMILES string of the molecule is O=c1ccc(-c2cc(Cn3ccnc3)cs2)nn1CCCN1CCCCC1. The molecule has 0 bridgehead atoms. The molecule has 1 aliphatic rings. The van der Waals surface area contributed by atoms with Crippen LogP contribution in [-0.4, -0.2) is 43.9 Å². The molecule has 3 aromatic rings. The van der Waals surface area contributed by atoms with Crippen molar-refractivity contribution in [1.29, 1.82) is 0 Å². The van der Waals surface area contributed by atoms with Crippen molar-refractivity contribution in [3.05, 3.63) is 58.2 Å². The summed E-state index contributed by atoms with van der Waals surface area (Å²) in [6.45, 7) is 4.91. The fraction of sp³-hybridized carbons (Fsp3) is 0.450. The molecule has 0 radical (unpaired) electrons. The van der Waals surface area contributed by atoms with Gasteiger partial charge in [-0.25, -0.2) is 9.67 Å². The summed E-state index contributed by atoms with van der Waals surface area (Å²) in [6.07, 6.45) is 10.5. The second kappa shape index (κ2) is 8.63. The van der Waals surface area contributed by atoms with Gasteiger partial charge in [0, 0.05) is 31.5 Å². The molecule has 7 heteroatoms. The Bertz CT molecular complexity index is 909. The Kier molecular flexibility index (Phi) is 5.79. The van der Waals surface area contributed by atoms with E-state index in [1.54, 1.807) is 28.3 Å². The van der Waals surface area contributed by atoms with Crippen LogP contribution >= 0.6 is 11.3 Å². The summed E-state index contributed by atoms with van der Waals surface area (Å²) < 4.78 is 3.66. The van der Waals surface area contributed by atoms with E-state index in [4.69, 9.17) is 0 Å². The maximum atomic E-state index is 12.2. The van der Waals surface area contributed by atoms with Crippen molar-refractivity contribution in [2.24, 2.45) is 0 Å². The molecule has 0 saturated carbocycles.